The maximum absolute atomic E-state index is 12.0. The van der Waals surface area contributed by atoms with Crippen LogP contribution in [0.15, 0.2) is 18.2 Å². The molecule has 0 fully saturated rings. The number of amides is 1. The molecule has 4 heteroatoms. The molecule has 1 rings (SSSR count). The van der Waals surface area contributed by atoms with Crippen molar-refractivity contribution in [2.24, 2.45) is 0 Å². The van der Waals surface area contributed by atoms with Crippen molar-refractivity contribution in [1.29, 1.82) is 0 Å². The van der Waals surface area contributed by atoms with Gasteiger partial charge in [0.05, 0.1) is 5.56 Å². The Balaban J connectivity index is 2.79. The fourth-order valence-electron chi connectivity index (χ4n) is 1.48. The molecule has 0 saturated heterocycles. The third-order valence-corrected chi connectivity index (χ3v) is 2.50. The van der Waals surface area contributed by atoms with E-state index in [1.54, 1.807) is 30.1 Å². The summed E-state index contributed by atoms with van der Waals surface area (Å²) in [7, 11) is 1.79. The van der Waals surface area contributed by atoms with Gasteiger partial charge in [-0.15, -0.1) is 0 Å². The number of nitrogen functional groups attached to an aromatic ring is 2. The van der Waals surface area contributed by atoms with Gasteiger partial charge < -0.3 is 16.4 Å². The summed E-state index contributed by atoms with van der Waals surface area (Å²) in [5, 5.41) is 0. The van der Waals surface area contributed by atoms with E-state index in [0.29, 0.717) is 16.9 Å². The number of hydrogen-bond donors (Lipinski definition) is 2. The maximum Gasteiger partial charge on any atom is 0.255 e. The lowest BCUT2D eigenvalue weighted by Gasteiger charge is -2.17. The van der Waals surface area contributed by atoms with E-state index >= 15 is 0 Å². The minimum absolute atomic E-state index is 0.0500. The van der Waals surface area contributed by atoms with E-state index in [9.17, 15) is 4.79 Å². The molecule has 4 nitrogen and oxygen atoms in total. The molecule has 0 bridgehead atoms. The summed E-state index contributed by atoms with van der Waals surface area (Å²) < 4.78 is 0. The third-order valence-electron chi connectivity index (χ3n) is 2.50. The topological polar surface area (TPSA) is 72.3 Å². The Kier molecular flexibility index (Phi) is 4.17. The zero-order chi connectivity index (χ0) is 12.1. The average molecular weight is 221 g/mol. The molecule has 0 aliphatic heterocycles. The Hall–Kier alpha value is -1.71. The molecular weight excluding hydrogens is 202 g/mol. The average Bonchev–Trinajstić information content (AvgIpc) is 2.25. The van der Waals surface area contributed by atoms with Crippen molar-refractivity contribution in [1.82, 2.24) is 4.90 Å². The summed E-state index contributed by atoms with van der Waals surface area (Å²) >= 11 is 0. The predicted octanol–water partition coefficient (Wildman–Crippen LogP) is 1.72. The fraction of sp³-hybridized carbons (Fsp3) is 0.417. The minimum atomic E-state index is -0.0500. The van der Waals surface area contributed by atoms with Crippen molar-refractivity contribution < 1.29 is 4.79 Å². The van der Waals surface area contributed by atoms with Crippen molar-refractivity contribution in [2.45, 2.75) is 19.8 Å². The third kappa shape index (κ3) is 2.89. The summed E-state index contributed by atoms with van der Waals surface area (Å²) in [5.41, 5.74) is 12.9. The smallest absolute Gasteiger partial charge is 0.255 e. The van der Waals surface area contributed by atoms with Gasteiger partial charge in [0.2, 0.25) is 0 Å². The van der Waals surface area contributed by atoms with E-state index in [-0.39, 0.29) is 5.91 Å². The Morgan fingerprint density at radius 2 is 2.06 bits per heavy atom. The normalized spacial score (nSPS) is 10.1. The number of carbonyl (C=O) groups is 1. The highest BCUT2D eigenvalue weighted by Crippen LogP contribution is 2.17. The van der Waals surface area contributed by atoms with Crippen LogP contribution >= 0.6 is 0 Å². The number of unbranched alkanes of at least 4 members (excludes halogenated alkanes) is 1. The first-order chi connectivity index (χ1) is 7.56. The van der Waals surface area contributed by atoms with Crippen LogP contribution in [0, 0.1) is 0 Å². The van der Waals surface area contributed by atoms with Gasteiger partial charge >= 0.3 is 0 Å². The lowest BCUT2D eigenvalue weighted by Crippen LogP contribution is -2.28. The van der Waals surface area contributed by atoms with Crippen LogP contribution in [0.2, 0.25) is 0 Å². The van der Waals surface area contributed by atoms with E-state index in [2.05, 4.69) is 6.92 Å². The van der Waals surface area contributed by atoms with Crippen molar-refractivity contribution in [3.8, 4) is 0 Å². The highest BCUT2D eigenvalue weighted by atomic mass is 16.2. The van der Waals surface area contributed by atoms with Gasteiger partial charge in [0.1, 0.15) is 0 Å². The number of carbonyl (C=O) groups excluding carboxylic acids is 1. The van der Waals surface area contributed by atoms with E-state index in [1.807, 2.05) is 0 Å². The van der Waals surface area contributed by atoms with Gasteiger partial charge in [-0.2, -0.15) is 0 Å². The first-order valence-electron chi connectivity index (χ1n) is 5.46. The minimum Gasteiger partial charge on any atom is -0.399 e. The number of anilines is 2. The Morgan fingerprint density at radius 1 is 1.38 bits per heavy atom. The van der Waals surface area contributed by atoms with Crippen LogP contribution in [0.1, 0.15) is 30.1 Å². The Labute approximate surface area is 96.2 Å². The van der Waals surface area contributed by atoms with Crippen molar-refractivity contribution in [3.05, 3.63) is 23.8 Å². The van der Waals surface area contributed by atoms with Gasteiger partial charge in [0.25, 0.3) is 5.91 Å². The molecule has 0 atom stereocenters. The molecule has 1 aromatic rings. The molecule has 0 saturated carbocycles. The van der Waals surface area contributed by atoms with Crippen molar-refractivity contribution in [2.75, 3.05) is 25.1 Å². The van der Waals surface area contributed by atoms with Crippen LogP contribution < -0.4 is 11.5 Å². The lowest BCUT2D eigenvalue weighted by atomic mass is 10.1. The number of benzene rings is 1. The second kappa shape index (κ2) is 5.39. The molecule has 0 aliphatic rings. The maximum atomic E-state index is 12.0. The Bertz CT molecular complexity index is 377. The van der Waals surface area contributed by atoms with E-state index in [4.69, 9.17) is 11.5 Å². The highest BCUT2D eigenvalue weighted by molar-refractivity contribution is 5.99. The van der Waals surface area contributed by atoms with Crippen molar-refractivity contribution >= 4 is 17.3 Å². The first-order valence-corrected chi connectivity index (χ1v) is 5.46. The van der Waals surface area contributed by atoms with Crippen LogP contribution in [0.25, 0.3) is 0 Å². The van der Waals surface area contributed by atoms with E-state index in [1.165, 1.54) is 0 Å². The summed E-state index contributed by atoms with van der Waals surface area (Å²) in [6.07, 6.45) is 2.06. The van der Waals surface area contributed by atoms with Crippen molar-refractivity contribution in [3.63, 3.8) is 0 Å². The number of nitrogens with two attached hydrogens (primary N) is 2. The van der Waals surface area contributed by atoms with Gasteiger partial charge in [-0.05, 0) is 24.6 Å². The molecule has 0 unspecified atom stereocenters. The zero-order valence-corrected chi connectivity index (χ0v) is 9.86. The number of nitrogens with zero attached hydrogens (tertiary/aromatic N) is 1. The van der Waals surface area contributed by atoms with Gasteiger partial charge in [0, 0.05) is 25.0 Å². The molecule has 88 valence electrons. The fourth-order valence-corrected chi connectivity index (χ4v) is 1.48. The van der Waals surface area contributed by atoms with Crippen LogP contribution in [0.3, 0.4) is 0 Å². The van der Waals surface area contributed by atoms with Gasteiger partial charge in [-0.3, -0.25) is 4.79 Å². The summed E-state index contributed by atoms with van der Waals surface area (Å²) in [5.74, 6) is -0.0500. The molecule has 0 aliphatic carbocycles. The molecular formula is C12H19N3O. The van der Waals surface area contributed by atoms with Crippen LogP contribution in [-0.4, -0.2) is 24.4 Å². The molecule has 0 heterocycles. The molecule has 16 heavy (non-hydrogen) atoms. The van der Waals surface area contributed by atoms with Crippen LogP contribution in [-0.2, 0) is 0 Å². The number of hydrogen-bond acceptors (Lipinski definition) is 3. The molecule has 4 N–H and O–H groups in total. The molecule has 1 amide bonds. The lowest BCUT2D eigenvalue weighted by molar-refractivity contribution is 0.0794. The standard InChI is InChI=1S/C12H19N3O/c1-3-4-7-15(2)12(16)10-6-5-9(13)8-11(10)14/h5-6,8H,3-4,7,13-14H2,1-2H3. The second-order valence-corrected chi connectivity index (χ2v) is 3.93. The molecule has 0 spiro atoms. The summed E-state index contributed by atoms with van der Waals surface area (Å²) in [6.45, 7) is 2.84. The molecule has 1 aromatic carbocycles. The predicted molar refractivity (Wildman–Crippen MR) is 67.1 cm³/mol. The quantitative estimate of drug-likeness (QED) is 0.760. The Morgan fingerprint density at radius 3 is 2.62 bits per heavy atom. The zero-order valence-electron chi connectivity index (χ0n) is 9.86. The van der Waals surface area contributed by atoms with E-state index in [0.717, 1.165) is 19.4 Å². The SMILES string of the molecule is CCCCN(C)C(=O)c1ccc(N)cc1N. The second-order valence-electron chi connectivity index (χ2n) is 3.93. The first kappa shape index (κ1) is 12.4. The van der Waals surface area contributed by atoms with Gasteiger partial charge in [-0.1, -0.05) is 13.3 Å². The van der Waals surface area contributed by atoms with Crippen LogP contribution in [0.5, 0.6) is 0 Å². The molecule has 0 aromatic heterocycles. The van der Waals surface area contributed by atoms with E-state index < -0.39 is 0 Å². The molecule has 0 radical (unpaired) electrons. The van der Waals surface area contributed by atoms with Gasteiger partial charge in [0.15, 0.2) is 0 Å². The van der Waals surface area contributed by atoms with Crippen LogP contribution in [0.4, 0.5) is 11.4 Å². The summed E-state index contributed by atoms with van der Waals surface area (Å²) in [4.78, 5) is 13.7. The monoisotopic (exact) mass is 221 g/mol. The highest BCUT2D eigenvalue weighted by Gasteiger charge is 2.13. The summed E-state index contributed by atoms with van der Waals surface area (Å²) in [6, 6.07) is 4.98. The number of rotatable bonds is 4. The largest absolute Gasteiger partial charge is 0.399 e. The van der Waals surface area contributed by atoms with Gasteiger partial charge in [-0.25, -0.2) is 0 Å².